The van der Waals surface area contributed by atoms with E-state index in [4.69, 9.17) is 0 Å². The van der Waals surface area contributed by atoms with Crippen LogP contribution in [0.3, 0.4) is 0 Å². The highest BCUT2D eigenvalue weighted by atomic mass is 32.1. The van der Waals surface area contributed by atoms with Crippen LogP contribution in [0.15, 0.2) is 66.9 Å². The summed E-state index contributed by atoms with van der Waals surface area (Å²) in [5, 5.41) is 4.52. The number of rotatable bonds is 2. The molecule has 2 aromatic heterocycles. The third kappa shape index (κ3) is 3.55. The number of anilines is 1. The van der Waals surface area contributed by atoms with Gasteiger partial charge in [-0.25, -0.2) is 4.79 Å². The molecule has 1 atom stereocenters. The highest BCUT2D eigenvalue weighted by molar-refractivity contribution is 7.15. The molecule has 5 heteroatoms. The first kappa shape index (κ1) is 21.2. The van der Waals surface area contributed by atoms with Crippen molar-refractivity contribution in [2.24, 2.45) is 0 Å². The van der Waals surface area contributed by atoms with Crippen molar-refractivity contribution in [3.05, 3.63) is 105 Å². The second-order valence-electron chi connectivity index (χ2n) is 9.49. The number of carbonyl (C=O) groups is 1. The van der Waals surface area contributed by atoms with Crippen molar-refractivity contribution in [2.75, 3.05) is 5.32 Å². The van der Waals surface area contributed by atoms with Crippen molar-refractivity contribution in [1.29, 1.82) is 0 Å². The van der Waals surface area contributed by atoms with E-state index < -0.39 is 0 Å². The third-order valence-electron chi connectivity index (χ3n) is 7.18. The molecule has 0 spiro atoms. The lowest BCUT2D eigenvalue weighted by Crippen LogP contribution is -2.38. The normalized spacial score (nSPS) is 16.9. The first-order valence-corrected chi connectivity index (χ1v) is 12.9. The van der Waals surface area contributed by atoms with Gasteiger partial charge in [-0.1, -0.05) is 48.0 Å². The minimum Gasteiger partial charge on any atom is -0.310 e. The van der Waals surface area contributed by atoms with Crippen LogP contribution in [0.2, 0.25) is 0 Å². The fourth-order valence-corrected chi connectivity index (χ4v) is 6.88. The van der Waals surface area contributed by atoms with Crippen molar-refractivity contribution >= 4 is 23.1 Å². The maximum atomic E-state index is 14.0. The van der Waals surface area contributed by atoms with Crippen molar-refractivity contribution in [3.63, 3.8) is 0 Å². The second-order valence-corrected chi connectivity index (χ2v) is 10.6. The molecule has 172 valence electrons. The number of aryl methyl sites for hydroxylation is 3. The number of thiophene rings is 1. The number of aromatic nitrogens is 1. The maximum absolute atomic E-state index is 14.0. The zero-order valence-corrected chi connectivity index (χ0v) is 20.5. The number of nitrogens with zero attached hydrogens (tertiary/aromatic N) is 2. The van der Waals surface area contributed by atoms with E-state index in [-0.39, 0.29) is 12.1 Å². The topological polar surface area (TPSA) is 37.3 Å². The fourth-order valence-electron chi connectivity index (χ4n) is 5.48. The zero-order valence-electron chi connectivity index (χ0n) is 19.7. The van der Waals surface area contributed by atoms with Crippen LogP contribution in [-0.4, -0.2) is 15.5 Å². The molecular weight excluding hydrogens is 438 g/mol. The van der Waals surface area contributed by atoms with Gasteiger partial charge in [0, 0.05) is 22.3 Å². The van der Waals surface area contributed by atoms with Crippen LogP contribution in [0.1, 0.15) is 57.3 Å². The Bertz CT molecular complexity index is 1380. The van der Waals surface area contributed by atoms with Gasteiger partial charge in [-0.05, 0) is 74.4 Å². The molecular formula is C29H29N3OS. The van der Waals surface area contributed by atoms with E-state index in [0.29, 0.717) is 6.54 Å². The molecule has 6 rings (SSSR count). The SMILES string of the molecule is Cc1cccc(C2c3cccn3-c3sc4c(c3CN2C(=O)Nc2ccccc2C)CCCC4)c1. The molecule has 34 heavy (non-hydrogen) atoms. The van der Waals surface area contributed by atoms with E-state index in [1.54, 1.807) is 0 Å². The highest BCUT2D eigenvalue weighted by Gasteiger charge is 2.36. The van der Waals surface area contributed by atoms with E-state index in [1.165, 1.54) is 39.4 Å². The van der Waals surface area contributed by atoms with Gasteiger partial charge in [-0.3, -0.25) is 0 Å². The average Bonchev–Trinajstić information content (AvgIpc) is 3.42. The van der Waals surface area contributed by atoms with Crippen LogP contribution in [0.4, 0.5) is 10.5 Å². The average molecular weight is 468 g/mol. The summed E-state index contributed by atoms with van der Waals surface area (Å²) in [7, 11) is 0. The Morgan fingerprint density at radius 2 is 1.82 bits per heavy atom. The zero-order chi connectivity index (χ0) is 23.2. The Morgan fingerprint density at radius 3 is 2.68 bits per heavy atom. The summed E-state index contributed by atoms with van der Waals surface area (Å²) < 4.78 is 2.34. The minimum atomic E-state index is -0.169. The Morgan fingerprint density at radius 1 is 0.971 bits per heavy atom. The quantitative estimate of drug-likeness (QED) is 0.333. The first-order valence-electron chi connectivity index (χ1n) is 12.1. The number of fused-ring (bicyclic) bond motifs is 5. The highest BCUT2D eigenvalue weighted by Crippen LogP contribution is 2.44. The lowest BCUT2D eigenvalue weighted by Gasteiger charge is -2.32. The summed E-state index contributed by atoms with van der Waals surface area (Å²) in [4.78, 5) is 17.5. The molecule has 0 fully saturated rings. The van der Waals surface area contributed by atoms with Gasteiger partial charge in [0.05, 0.1) is 18.3 Å². The first-order chi connectivity index (χ1) is 16.6. The number of hydrogen-bond acceptors (Lipinski definition) is 2. The van der Waals surface area contributed by atoms with Gasteiger partial charge in [0.1, 0.15) is 5.00 Å². The number of para-hydroxylation sites is 1. The third-order valence-corrected chi connectivity index (χ3v) is 8.52. The standard InChI is InChI=1S/C29H29N3OS/c1-19-9-7-11-21(17-19)27-25-14-8-16-31(25)28-23(22-12-4-6-15-26(22)34-28)18-32(27)29(33)30-24-13-5-3-10-20(24)2/h3,5,7-11,13-14,16-17,27H,4,6,12,15,18H2,1-2H3,(H,30,33). The van der Waals surface area contributed by atoms with E-state index in [0.717, 1.165) is 35.3 Å². The summed E-state index contributed by atoms with van der Waals surface area (Å²) in [6.07, 6.45) is 6.92. The summed E-state index contributed by atoms with van der Waals surface area (Å²) in [5.41, 5.74) is 8.22. The molecule has 2 aromatic carbocycles. The van der Waals surface area contributed by atoms with Gasteiger partial charge in [0.15, 0.2) is 0 Å². The molecule has 4 aromatic rings. The summed E-state index contributed by atoms with van der Waals surface area (Å²) in [5.74, 6) is 0. The predicted octanol–water partition coefficient (Wildman–Crippen LogP) is 7.17. The lowest BCUT2D eigenvalue weighted by molar-refractivity contribution is 0.194. The number of amides is 2. The van der Waals surface area contributed by atoms with Gasteiger partial charge in [-0.2, -0.15) is 0 Å². The summed E-state index contributed by atoms with van der Waals surface area (Å²) in [6, 6.07) is 20.6. The second kappa shape index (κ2) is 8.48. The molecule has 0 radical (unpaired) electrons. The van der Waals surface area contributed by atoms with Crippen LogP contribution < -0.4 is 5.32 Å². The van der Waals surface area contributed by atoms with Crippen LogP contribution in [0.25, 0.3) is 5.00 Å². The number of hydrogen-bond donors (Lipinski definition) is 1. The number of urea groups is 1. The number of benzene rings is 2. The Labute approximate surface area is 204 Å². The maximum Gasteiger partial charge on any atom is 0.322 e. The Hall–Kier alpha value is -3.31. The summed E-state index contributed by atoms with van der Waals surface area (Å²) in [6.45, 7) is 4.76. The lowest BCUT2D eigenvalue weighted by atomic mass is 9.95. The van der Waals surface area contributed by atoms with Crippen LogP contribution >= 0.6 is 11.3 Å². The largest absolute Gasteiger partial charge is 0.322 e. The van der Waals surface area contributed by atoms with E-state index in [1.807, 2.05) is 47.4 Å². The van der Waals surface area contributed by atoms with Gasteiger partial charge in [-0.15, -0.1) is 11.3 Å². The van der Waals surface area contributed by atoms with Crippen molar-refractivity contribution in [3.8, 4) is 5.00 Å². The fraction of sp³-hybridized carbons (Fsp3) is 0.276. The van der Waals surface area contributed by atoms with E-state index in [9.17, 15) is 4.79 Å². The number of carbonyl (C=O) groups excluding carboxylic acids is 1. The summed E-state index contributed by atoms with van der Waals surface area (Å²) >= 11 is 1.92. The van der Waals surface area contributed by atoms with Gasteiger partial charge in [0.2, 0.25) is 0 Å². The molecule has 4 nitrogen and oxygen atoms in total. The van der Waals surface area contributed by atoms with E-state index in [2.05, 4.69) is 59.4 Å². The van der Waals surface area contributed by atoms with Crippen LogP contribution in [-0.2, 0) is 19.4 Å². The molecule has 0 saturated carbocycles. The van der Waals surface area contributed by atoms with Crippen molar-refractivity contribution in [2.45, 2.75) is 52.1 Å². The molecule has 2 aliphatic rings. The molecule has 0 bridgehead atoms. The predicted molar refractivity (Wildman–Crippen MR) is 139 cm³/mol. The molecule has 0 saturated heterocycles. The molecule has 1 unspecified atom stereocenters. The van der Waals surface area contributed by atoms with Crippen LogP contribution in [0.5, 0.6) is 0 Å². The Balaban J connectivity index is 1.51. The van der Waals surface area contributed by atoms with Crippen LogP contribution in [0, 0.1) is 13.8 Å². The van der Waals surface area contributed by atoms with Gasteiger partial charge in [0.25, 0.3) is 0 Å². The van der Waals surface area contributed by atoms with Crippen molar-refractivity contribution in [1.82, 2.24) is 9.47 Å². The monoisotopic (exact) mass is 467 g/mol. The van der Waals surface area contributed by atoms with E-state index >= 15 is 0 Å². The molecule has 1 aliphatic carbocycles. The molecule has 1 aliphatic heterocycles. The Kier molecular flexibility index (Phi) is 5.30. The number of nitrogens with one attached hydrogen (secondary N) is 1. The van der Waals surface area contributed by atoms with Crippen molar-refractivity contribution < 1.29 is 4.79 Å². The van der Waals surface area contributed by atoms with Gasteiger partial charge >= 0.3 is 6.03 Å². The smallest absolute Gasteiger partial charge is 0.310 e. The molecule has 2 amide bonds. The molecule has 3 heterocycles. The van der Waals surface area contributed by atoms with Gasteiger partial charge < -0.3 is 14.8 Å². The minimum absolute atomic E-state index is 0.0582. The molecule has 1 N–H and O–H groups in total.